The number of thioether (sulfide) groups is 1. The molecule has 1 amide bonds. The predicted octanol–water partition coefficient (Wildman–Crippen LogP) is 2.13. The van der Waals surface area contributed by atoms with Crippen molar-refractivity contribution < 1.29 is 23.7 Å². The first-order valence-electron chi connectivity index (χ1n) is 7.35. The van der Waals surface area contributed by atoms with Gasteiger partial charge >= 0.3 is 0 Å². The van der Waals surface area contributed by atoms with Crippen molar-refractivity contribution in [3.8, 4) is 17.2 Å². The number of methoxy groups -OCH3 is 4. The van der Waals surface area contributed by atoms with E-state index in [4.69, 9.17) is 31.2 Å². The van der Waals surface area contributed by atoms with Gasteiger partial charge in [0.05, 0.1) is 39.7 Å². The van der Waals surface area contributed by atoms with Crippen LogP contribution >= 0.6 is 24.0 Å². The number of carbonyl (C=O) groups is 1. The van der Waals surface area contributed by atoms with Crippen LogP contribution in [0.2, 0.25) is 0 Å². The summed E-state index contributed by atoms with van der Waals surface area (Å²) in [5, 5.41) is -0.253. The lowest BCUT2D eigenvalue weighted by atomic mass is 10.1. The molecule has 0 N–H and O–H groups in total. The fourth-order valence-electron chi connectivity index (χ4n) is 2.48. The average molecular weight is 371 g/mol. The smallest absolute Gasteiger partial charge is 0.242 e. The van der Waals surface area contributed by atoms with E-state index in [0.717, 1.165) is 5.56 Å². The molecule has 0 spiro atoms. The number of benzene rings is 1. The molecule has 0 saturated carbocycles. The number of rotatable bonds is 8. The molecule has 0 aromatic heterocycles. The van der Waals surface area contributed by atoms with E-state index in [9.17, 15) is 4.79 Å². The lowest BCUT2D eigenvalue weighted by molar-refractivity contribution is -0.126. The number of hydrogen-bond donors (Lipinski definition) is 0. The average Bonchev–Trinajstić information content (AvgIpc) is 2.85. The van der Waals surface area contributed by atoms with Crippen molar-refractivity contribution in [2.24, 2.45) is 0 Å². The second-order valence-electron chi connectivity index (χ2n) is 5.09. The molecule has 0 radical (unpaired) electrons. The van der Waals surface area contributed by atoms with Gasteiger partial charge < -0.3 is 18.9 Å². The molecular formula is C16H21NO5S2. The molecule has 0 unspecified atom stereocenters. The van der Waals surface area contributed by atoms with E-state index < -0.39 is 0 Å². The van der Waals surface area contributed by atoms with Gasteiger partial charge in [-0.2, -0.15) is 0 Å². The molecule has 8 heteroatoms. The number of amides is 1. The molecule has 1 atom stereocenters. The van der Waals surface area contributed by atoms with Gasteiger partial charge in [-0.05, 0) is 24.1 Å². The molecule has 2 rings (SSSR count). The van der Waals surface area contributed by atoms with Crippen molar-refractivity contribution in [1.82, 2.24) is 4.90 Å². The summed E-state index contributed by atoms with van der Waals surface area (Å²) < 4.78 is 21.7. The van der Waals surface area contributed by atoms with E-state index in [2.05, 4.69) is 0 Å². The van der Waals surface area contributed by atoms with Gasteiger partial charge in [-0.25, -0.2) is 0 Å². The van der Waals surface area contributed by atoms with Crippen LogP contribution < -0.4 is 14.2 Å². The second kappa shape index (κ2) is 8.55. The predicted molar refractivity (Wildman–Crippen MR) is 97.4 cm³/mol. The monoisotopic (exact) mass is 371 g/mol. The molecular weight excluding hydrogens is 350 g/mol. The first-order chi connectivity index (χ1) is 11.5. The van der Waals surface area contributed by atoms with Crippen LogP contribution in [0.3, 0.4) is 0 Å². The third-order valence-corrected chi connectivity index (χ3v) is 5.25. The molecule has 1 heterocycles. The minimum atomic E-state index is -0.253. The summed E-state index contributed by atoms with van der Waals surface area (Å²) in [4.78, 5) is 14.1. The van der Waals surface area contributed by atoms with Crippen LogP contribution in [0.15, 0.2) is 12.1 Å². The van der Waals surface area contributed by atoms with Crippen molar-refractivity contribution in [3.63, 3.8) is 0 Å². The molecule has 1 aromatic carbocycles. The summed E-state index contributed by atoms with van der Waals surface area (Å²) >= 11 is 6.71. The topological polar surface area (TPSA) is 57.2 Å². The molecule has 0 aliphatic carbocycles. The fraction of sp³-hybridized carbons (Fsp3) is 0.500. The molecule has 1 aliphatic heterocycles. The van der Waals surface area contributed by atoms with Crippen molar-refractivity contribution >= 4 is 34.2 Å². The molecule has 132 valence electrons. The zero-order valence-electron chi connectivity index (χ0n) is 14.2. The highest BCUT2D eigenvalue weighted by atomic mass is 32.2. The van der Waals surface area contributed by atoms with Gasteiger partial charge in [-0.1, -0.05) is 24.0 Å². The zero-order chi connectivity index (χ0) is 17.7. The number of nitrogens with zero attached hydrogens (tertiary/aromatic N) is 1. The Morgan fingerprint density at radius 3 is 2.25 bits per heavy atom. The van der Waals surface area contributed by atoms with Crippen molar-refractivity contribution in [3.05, 3.63) is 17.7 Å². The highest BCUT2D eigenvalue weighted by molar-refractivity contribution is 8.24. The molecule has 1 saturated heterocycles. The van der Waals surface area contributed by atoms with Gasteiger partial charge in [0.2, 0.25) is 11.7 Å². The van der Waals surface area contributed by atoms with E-state index in [1.165, 1.54) is 11.8 Å². The van der Waals surface area contributed by atoms with E-state index in [-0.39, 0.29) is 11.2 Å². The van der Waals surface area contributed by atoms with Gasteiger partial charge in [0.25, 0.3) is 0 Å². The van der Waals surface area contributed by atoms with Crippen LogP contribution in [0.5, 0.6) is 17.2 Å². The Bertz CT molecular complexity index is 597. The maximum absolute atomic E-state index is 12.5. The molecule has 1 fully saturated rings. The van der Waals surface area contributed by atoms with Crippen LogP contribution in [-0.2, 0) is 16.0 Å². The Kier molecular flexibility index (Phi) is 6.70. The molecule has 6 nitrogen and oxygen atoms in total. The molecule has 0 bridgehead atoms. The summed E-state index contributed by atoms with van der Waals surface area (Å²) in [5.74, 6) is 1.68. The quantitative estimate of drug-likeness (QED) is 0.649. The standard InChI is InChI=1S/C16H21NO5S2/c1-19-6-5-17-15(18)13(24-16(17)23)9-10-7-11(20-2)14(22-4)12(8-10)21-3/h7-8,13H,5-6,9H2,1-4H3/t13-/m1/s1. The van der Waals surface area contributed by atoms with Gasteiger partial charge in [0.15, 0.2) is 11.5 Å². The minimum absolute atomic E-state index is 0.0100. The van der Waals surface area contributed by atoms with Crippen LogP contribution in [0.4, 0.5) is 0 Å². The Morgan fingerprint density at radius 1 is 1.12 bits per heavy atom. The maximum Gasteiger partial charge on any atom is 0.242 e. The van der Waals surface area contributed by atoms with Crippen LogP contribution in [0.25, 0.3) is 0 Å². The molecule has 24 heavy (non-hydrogen) atoms. The summed E-state index contributed by atoms with van der Waals surface area (Å²) in [6.45, 7) is 0.941. The van der Waals surface area contributed by atoms with Gasteiger partial charge in [-0.15, -0.1) is 0 Å². The minimum Gasteiger partial charge on any atom is -0.493 e. The number of hydrogen-bond acceptors (Lipinski definition) is 7. The van der Waals surface area contributed by atoms with Crippen LogP contribution in [-0.4, -0.2) is 62.0 Å². The Labute approximate surface area is 151 Å². The normalized spacial score (nSPS) is 17.3. The number of thiocarbonyl (C=S) groups is 1. The maximum atomic E-state index is 12.5. The molecule has 1 aliphatic rings. The van der Waals surface area contributed by atoms with E-state index >= 15 is 0 Å². The Balaban J connectivity index is 2.19. The lowest BCUT2D eigenvalue weighted by Crippen LogP contribution is -2.34. The first-order valence-corrected chi connectivity index (χ1v) is 8.64. The lowest BCUT2D eigenvalue weighted by Gasteiger charge is -2.16. The third kappa shape index (κ3) is 3.93. The van der Waals surface area contributed by atoms with Crippen molar-refractivity contribution in [2.75, 3.05) is 41.6 Å². The molecule has 1 aromatic rings. The van der Waals surface area contributed by atoms with Gasteiger partial charge in [0.1, 0.15) is 4.32 Å². The highest BCUT2D eigenvalue weighted by Crippen LogP contribution is 2.39. The van der Waals surface area contributed by atoms with Gasteiger partial charge in [0, 0.05) is 7.11 Å². The SMILES string of the molecule is COCCN1C(=O)[C@@H](Cc2cc(OC)c(OC)c(OC)c2)SC1=S. The van der Waals surface area contributed by atoms with Crippen LogP contribution in [0, 0.1) is 0 Å². The van der Waals surface area contributed by atoms with E-state index in [1.54, 1.807) is 33.3 Å². The van der Waals surface area contributed by atoms with E-state index in [1.807, 2.05) is 12.1 Å². The summed E-state index contributed by atoms with van der Waals surface area (Å²) in [6, 6.07) is 3.71. The van der Waals surface area contributed by atoms with Crippen molar-refractivity contribution in [1.29, 1.82) is 0 Å². The van der Waals surface area contributed by atoms with E-state index in [0.29, 0.717) is 41.1 Å². The zero-order valence-corrected chi connectivity index (χ0v) is 15.8. The van der Waals surface area contributed by atoms with Gasteiger partial charge in [-0.3, -0.25) is 9.69 Å². The summed E-state index contributed by atoms with van der Waals surface area (Å²) in [7, 11) is 6.29. The largest absolute Gasteiger partial charge is 0.493 e. The fourth-order valence-corrected chi connectivity index (χ4v) is 4.07. The summed E-state index contributed by atoms with van der Waals surface area (Å²) in [6.07, 6.45) is 0.532. The van der Waals surface area contributed by atoms with Crippen LogP contribution in [0.1, 0.15) is 5.56 Å². The number of ether oxygens (including phenoxy) is 4. The second-order valence-corrected chi connectivity index (χ2v) is 6.93. The third-order valence-electron chi connectivity index (χ3n) is 3.67. The highest BCUT2D eigenvalue weighted by Gasteiger charge is 2.36. The summed E-state index contributed by atoms with van der Waals surface area (Å²) in [5.41, 5.74) is 0.923. The Hall–Kier alpha value is -1.51. The van der Waals surface area contributed by atoms with Crippen molar-refractivity contribution in [2.45, 2.75) is 11.7 Å². The number of carbonyl (C=O) groups excluding carboxylic acids is 1. The Morgan fingerprint density at radius 2 is 1.75 bits per heavy atom. The first kappa shape index (κ1) is 18.8.